The van der Waals surface area contributed by atoms with Crippen molar-refractivity contribution in [1.29, 1.82) is 0 Å². The molecule has 21 heavy (non-hydrogen) atoms. The molecular weight excluding hydrogens is 264 g/mol. The number of aromatic nitrogens is 1. The molecule has 0 saturated carbocycles. The number of nitrogens with zero attached hydrogens (tertiary/aromatic N) is 1. The van der Waals surface area contributed by atoms with Crippen molar-refractivity contribution < 1.29 is 9.47 Å². The van der Waals surface area contributed by atoms with Gasteiger partial charge in [-0.25, -0.2) is 0 Å². The molecule has 0 aliphatic heterocycles. The molecule has 112 valence electrons. The highest BCUT2D eigenvalue weighted by atomic mass is 16.5. The zero-order chi connectivity index (χ0) is 15.1. The first-order valence-corrected chi connectivity index (χ1v) is 7.07. The van der Waals surface area contributed by atoms with Crippen LogP contribution in [-0.2, 0) is 4.74 Å². The van der Waals surface area contributed by atoms with E-state index < -0.39 is 0 Å². The Bertz CT molecular complexity index is 572. The van der Waals surface area contributed by atoms with Gasteiger partial charge in [0.15, 0.2) is 0 Å². The number of para-hydroxylation sites is 1. The van der Waals surface area contributed by atoms with Gasteiger partial charge in [-0.2, -0.15) is 0 Å². The molecule has 0 aliphatic carbocycles. The van der Waals surface area contributed by atoms with Crippen molar-refractivity contribution in [2.45, 2.75) is 13.0 Å². The van der Waals surface area contributed by atoms with Crippen LogP contribution in [0.1, 0.15) is 22.9 Å². The van der Waals surface area contributed by atoms with E-state index in [0.717, 1.165) is 22.6 Å². The van der Waals surface area contributed by atoms with Crippen LogP contribution in [-0.4, -0.2) is 32.4 Å². The molecule has 1 aromatic carbocycles. The maximum atomic E-state index is 5.83. The molecule has 0 aliphatic rings. The first-order valence-electron chi connectivity index (χ1n) is 7.07. The summed E-state index contributed by atoms with van der Waals surface area (Å²) in [7, 11) is 3.60. The number of aryl methyl sites for hydroxylation is 1. The van der Waals surface area contributed by atoms with Gasteiger partial charge in [-0.1, -0.05) is 24.3 Å². The molecule has 4 heteroatoms. The summed E-state index contributed by atoms with van der Waals surface area (Å²) in [6.45, 7) is 3.17. The van der Waals surface area contributed by atoms with E-state index in [-0.39, 0.29) is 6.04 Å². The number of nitrogens with one attached hydrogen (secondary N) is 1. The van der Waals surface area contributed by atoms with E-state index >= 15 is 0 Å². The molecule has 1 N–H and O–H groups in total. The Morgan fingerprint density at radius 3 is 2.67 bits per heavy atom. The van der Waals surface area contributed by atoms with Gasteiger partial charge in [0.2, 0.25) is 0 Å². The van der Waals surface area contributed by atoms with E-state index in [1.807, 2.05) is 37.5 Å². The molecular formula is C17H22N2O2. The Morgan fingerprint density at radius 1 is 1.14 bits per heavy atom. The van der Waals surface area contributed by atoms with Gasteiger partial charge in [-0.15, -0.1) is 0 Å². The molecule has 2 aromatic rings. The maximum Gasteiger partial charge on any atom is 0.124 e. The summed E-state index contributed by atoms with van der Waals surface area (Å²) in [5, 5.41) is 3.33. The average molecular weight is 286 g/mol. The van der Waals surface area contributed by atoms with Crippen LogP contribution in [0.2, 0.25) is 0 Å². The quantitative estimate of drug-likeness (QED) is 0.795. The zero-order valence-electron chi connectivity index (χ0n) is 12.8. The maximum absolute atomic E-state index is 5.83. The molecule has 2 rings (SSSR count). The van der Waals surface area contributed by atoms with Crippen molar-refractivity contribution in [3.63, 3.8) is 0 Å². The van der Waals surface area contributed by atoms with Crippen molar-refractivity contribution in [2.75, 3.05) is 27.4 Å². The van der Waals surface area contributed by atoms with E-state index in [9.17, 15) is 0 Å². The van der Waals surface area contributed by atoms with Gasteiger partial charge in [0, 0.05) is 18.9 Å². The minimum Gasteiger partial charge on any atom is -0.491 e. The molecule has 4 nitrogen and oxygen atoms in total. The molecule has 0 amide bonds. The van der Waals surface area contributed by atoms with E-state index in [1.165, 1.54) is 0 Å². The largest absolute Gasteiger partial charge is 0.491 e. The van der Waals surface area contributed by atoms with Crippen molar-refractivity contribution in [3.8, 4) is 5.75 Å². The third-order valence-corrected chi connectivity index (χ3v) is 3.39. The highest BCUT2D eigenvalue weighted by molar-refractivity contribution is 5.41. The highest BCUT2D eigenvalue weighted by Crippen LogP contribution is 2.30. The van der Waals surface area contributed by atoms with Gasteiger partial charge in [-0.3, -0.25) is 4.98 Å². The summed E-state index contributed by atoms with van der Waals surface area (Å²) in [4.78, 5) is 4.52. The van der Waals surface area contributed by atoms with Crippen molar-refractivity contribution >= 4 is 0 Å². The summed E-state index contributed by atoms with van der Waals surface area (Å²) in [5.41, 5.74) is 3.25. The van der Waals surface area contributed by atoms with Crippen LogP contribution in [0.5, 0.6) is 5.75 Å². The van der Waals surface area contributed by atoms with Crippen LogP contribution in [0.4, 0.5) is 0 Å². The number of benzene rings is 1. The smallest absolute Gasteiger partial charge is 0.124 e. The molecule has 1 heterocycles. The predicted octanol–water partition coefficient (Wildman–Crippen LogP) is 2.72. The Labute approximate surface area is 126 Å². The average Bonchev–Trinajstić information content (AvgIpc) is 2.51. The number of ether oxygens (including phenoxy) is 2. The van der Waals surface area contributed by atoms with E-state index in [0.29, 0.717) is 13.2 Å². The Kier molecular flexibility index (Phi) is 5.72. The second-order valence-corrected chi connectivity index (χ2v) is 4.81. The first kappa shape index (κ1) is 15.5. The van der Waals surface area contributed by atoms with Crippen molar-refractivity contribution in [2.24, 2.45) is 0 Å². The van der Waals surface area contributed by atoms with Crippen LogP contribution >= 0.6 is 0 Å². The topological polar surface area (TPSA) is 43.4 Å². The van der Waals surface area contributed by atoms with Gasteiger partial charge in [0.25, 0.3) is 0 Å². The zero-order valence-corrected chi connectivity index (χ0v) is 12.8. The molecule has 1 aromatic heterocycles. The molecule has 1 unspecified atom stereocenters. The lowest BCUT2D eigenvalue weighted by atomic mass is 9.99. The Balaban J connectivity index is 2.32. The van der Waals surface area contributed by atoms with Crippen LogP contribution < -0.4 is 10.1 Å². The molecule has 0 saturated heterocycles. The monoisotopic (exact) mass is 286 g/mol. The number of rotatable bonds is 7. The van der Waals surface area contributed by atoms with Gasteiger partial charge in [0.05, 0.1) is 18.3 Å². The number of pyridine rings is 1. The molecule has 1 atom stereocenters. The molecule has 0 bridgehead atoms. The van der Waals surface area contributed by atoms with Crippen LogP contribution in [0.25, 0.3) is 0 Å². The Morgan fingerprint density at radius 2 is 1.95 bits per heavy atom. The lowest BCUT2D eigenvalue weighted by Crippen LogP contribution is -2.21. The van der Waals surface area contributed by atoms with Gasteiger partial charge >= 0.3 is 0 Å². The minimum absolute atomic E-state index is 0.00458. The summed E-state index contributed by atoms with van der Waals surface area (Å²) >= 11 is 0. The van der Waals surface area contributed by atoms with E-state index in [4.69, 9.17) is 9.47 Å². The first-order chi connectivity index (χ1) is 10.3. The fourth-order valence-corrected chi connectivity index (χ4v) is 2.33. The summed E-state index contributed by atoms with van der Waals surface area (Å²) in [6, 6.07) is 12.1. The standard InChI is InChI=1S/C17H22N2O2/c1-13-7-6-10-19-16(13)17(18-2)14-8-4-5-9-15(14)21-12-11-20-3/h4-10,17-18H,11-12H2,1-3H3. The third kappa shape index (κ3) is 3.80. The summed E-state index contributed by atoms with van der Waals surface area (Å²) in [6.07, 6.45) is 1.82. The number of hydrogen-bond donors (Lipinski definition) is 1. The lowest BCUT2D eigenvalue weighted by molar-refractivity contribution is 0.145. The Hall–Kier alpha value is -1.91. The number of hydrogen-bond acceptors (Lipinski definition) is 4. The fraction of sp³-hybridized carbons (Fsp3) is 0.353. The second-order valence-electron chi connectivity index (χ2n) is 4.81. The molecule has 0 radical (unpaired) electrons. The van der Waals surface area contributed by atoms with E-state index in [1.54, 1.807) is 7.11 Å². The third-order valence-electron chi connectivity index (χ3n) is 3.39. The predicted molar refractivity (Wildman–Crippen MR) is 83.7 cm³/mol. The van der Waals surface area contributed by atoms with Gasteiger partial charge in [-0.05, 0) is 31.7 Å². The number of methoxy groups -OCH3 is 1. The lowest BCUT2D eigenvalue weighted by Gasteiger charge is -2.21. The van der Waals surface area contributed by atoms with E-state index in [2.05, 4.69) is 29.4 Å². The highest BCUT2D eigenvalue weighted by Gasteiger charge is 2.19. The van der Waals surface area contributed by atoms with Crippen molar-refractivity contribution in [3.05, 3.63) is 59.4 Å². The minimum atomic E-state index is 0.00458. The summed E-state index contributed by atoms with van der Waals surface area (Å²) < 4.78 is 10.9. The SMILES string of the molecule is CNC(c1ccccc1OCCOC)c1ncccc1C. The second kappa shape index (κ2) is 7.76. The van der Waals surface area contributed by atoms with Crippen LogP contribution in [0.3, 0.4) is 0 Å². The molecule has 0 spiro atoms. The normalized spacial score (nSPS) is 12.1. The fourth-order valence-electron chi connectivity index (χ4n) is 2.33. The van der Waals surface area contributed by atoms with Gasteiger partial charge < -0.3 is 14.8 Å². The summed E-state index contributed by atoms with van der Waals surface area (Å²) in [5.74, 6) is 0.860. The van der Waals surface area contributed by atoms with Crippen LogP contribution in [0, 0.1) is 6.92 Å². The van der Waals surface area contributed by atoms with Crippen LogP contribution in [0.15, 0.2) is 42.6 Å². The van der Waals surface area contributed by atoms with Gasteiger partial charge in [0.1, 0.15) is 12.4 Å². The molecule has 0 fully saturated rings. The van der Waals surface area contributed by atoms with Crippen molar-refractivity contribution in [1.82, 2.24) is 10.3 Å².